The van der Waals surface area contributed by atoms with Crippen LogP contribution in [-0.4, -0.2) is 61.8 Å². The Balaban J connectivity index is 1.49. The maximum Gasteiger partial charge on any atom is 0.346 e. The van der Waals surface area contributed by atoms with Gasteiger partial charge in [-0.05, 0) is 39.5 Å². The highest BCUT2D eigenvalue weighted by molar-refractivity contribution is 5.77. The van der Waals surface area contributed by atoms with Crippen LogP contribution in [0.1, 0.15) is 51.3 Å². The van der Waals surface area contributed by atoms with Gasteiger partial charge in [0.05, 0.1) is 5.54 Å². The van der Waals surface area contributed by atoms with Crippen LogP contribution in [0.15, 0.2) is 6.33 Å². The second-order valence-corrected chi connectivity index (χ2v) is 7.04. The average Bonchev–Trinajstić information content (AvgIpc) is 3.01. The summed E-state index contributed by atoms with van der Waals surface area (Å²) in [5.74, 6) is 1.33. The van der Waals surface area contributed by atoms with Crippen molar-refractivity contribution in [1.82, 2.24) is 24.6 Å². The molecule has 2 saturated heterocycles. The van der Waals surface area contributed by atoms with Gasteiger partial charge in [-0.1, -0.05) is 0 Å². The molecule has 3 aliphatic rings. The summed E-state index contributed by atoms with van der Waals surface area (Å²) in [4.78, 5) is 21.5. The van der Waals surface area contributed by atoms with E-state index in [1.54, 1.807) is 6.33 Å². The van der Waals surface area contributed by atoms with Crippen molar-refractivity contribution in [2.45, 2.75) is 57.0 Å². The first-order valence-corrected chi connectivity index (χ1v) is 8.07. The summed E-state index contributed by atoms with van der Waals surface area (Å²) in [5, 5.41) is 4.38. The first-order valence-electron chi connectivity index (χ1n) is 8.07. The molecule has 6 nitrogen and oxygen atoms in total. The SMILES string of the molecule is CC(C)N1CCC2(CCN2C(=O)n2cnc(C3CC3)n2)C1. The Morgan fingerprint density at radius 1 is 1.33 bits per heavy atom. The molecule has 1 saturated carbocycles. The summed E-state index contributed by atoms with van der Waals surface area (Å²) >= 11 is 0. The molecule has 0 N–H and O–H groups in total. The number of nitrogens with zero attached hydrogens (tertiary/aromatic N) is 5. The van der Waals surface area contributed by atoms with Gasteiger partial charge in [0.1, 0.15) is 6.33 Å². The van der Waals surface area contributed by atoms with Crippen LogP contribution in [0.3, 0.4) is 0 Å². The van der Waals surface area contributed by atoms with E-state index >= 15 is 0 Å². The van der Waals surface area contributed by atoms with Crippen molar-refractivity contribution in [1.29, 1.82) is 0 Å². The van der Waals surface area contributed by atoms with Gasteiger partial charge < -0.3 is 4.90 Å². The zero-order valence-corrected chi connectivity index (χ0v) is 12.8. The topological polar surface area (TPSA) is 54.3 Å². The lowest BCUT2D eigenvalue weighted by atomic mass is 9.84. The molecule has 1 atom stereocenters. The second kappa shape index (κ2) is 4.53. The number of amides is 1. The van der Waals surface area contributed by atoms with Crippen LogP contribution in [0.25, 0.3) is 0 Å². The highest BCUT2D eigenvalue weighted by Crippen LogP contribution is 2.40. The highest BCUT2D eigenvalue weighted by Gasteiger charge is 2.52. The lowest BCUT2D eigenvalue weighted by Crippen LogP contribution is -2.64. The zero-order valence-electron chi connectivity index (χ0n) is 12.8. The first kappa shape index (κ1) is 13.2. The maximum atomic E-state index is 12.7. The van der Waals surface area contributed by atoms with E-state index in [1.807, 2.05) is 4.90 Å². The minimum absolute atomic E-state index is 0.00579. The van der Waals surface area contributed by atoms with E-state index < -0.39 is 0 Å². The molecule has 1 spiro atoms. The predicted molar refractivity (Wildman–Crippen MR) is 78.2 cm³/mol. The molecular weight excluding hydrogens is 266 g/mol. The third-order valence-corrected chi connectivity index (χ3v) is 5.34. The molecule has 1 aromatic heterocycles. The van der Waals surface area contributed by atoms with Crippen LogP contribution in [-0.2, 0) is 0 Å². The molecule has 4 rings (SSSR count). The zero-order chi connectivity index (χ0) is 14.6. The molecule has 0 aromatic carbocycles. The molecule has 1 aliphatic carbocycles. The third-order valence-electron chi connectivity index (χ3n) is 5.34. The molecule has 1 unspecified atom stereocenters. The molecule has 0 radical (unpaired) electrons. The van der Waals surface area contributed by atoms with Gasteiger partial charge in [0.25, 0.3) is 0 Å². The van der Waals surface area contributed by atoms with E-state index in [4.69, 9.17) is 0 Å². The normalized spacial score (nSPS) is 29.4. The van der Waals surface area contributed by atoms with Crippen molar-refractivity contribution in [3.05, 3.63) is 12.2 Å². The Morgan fingerprint density at radius 3 is 2.67 bits per heavy atom. The van der Waals surface area contributed by atoms with Crippen LogP contribution >= 0.6 is 0 Å². The van der Waals surface area contributed by atoms with E-state index in [0.717, 1.165) is 51.1 Å². The molecule has 2 aliphatic heterocycles. The third kappa shape index (κ3) is 2.08. The van der Waals surface area contributed by atoms with Crippen molar-refractivity contribution in [2.75, 3.05) is 19.6 Å². The van der Waals surface area contributed by atoms with E-state index in [1.165, 1.54) is 4.68 Å². The fraction of sp³-hybridized carbons (Fsp3) is 0.800. The smallest absolute Gasteiger partial charge is 0.316 e. The molecular formula is C15H23N5O. The summed E-state index contributed by atoms with van der Waals surface area (Å²) in [6, 6.07) is 0.557. The number of likely N-dealkylation sites (tertiary alicyclic amines) is 2. The minimum Gasteiger partial charge on any atom is -0.316 e. The maximum absolute atomic E-state index is 12.7. The van der Waals surface area contributed by atoms with Crippen molar-refractivity contribution < 1.29 is 4.79 Å². The number of aromatic nitrogens is 3. The van der Waals surface area contributed by atoms with Gasteiger partial charge in [0.2, 0.25) is 0 Å². The predicted octanol–water partition coefficient (Wildman–Crippen LogP) is 1.68. The van der Waals surface area contributed by atoms with Crippen LogP contribution in [0.4, 0.5) is 4.79 Å². The number of hydrogen-bond acceptors (Lipinski definition) is 4. The van der Waals surface area contributed by atoms with Crippen molar-refractivity contribution >= 4 is 6.03 Å². The van der Waals surface area contributed by atoms with Gasteiger partial charge >= 0.3 is 6.03 Å². The Bertz CT molecular complexity index is 564. The quantitative estimate of drug-likeness (QED) is 0.831. The standard InChI is InChI=1S/C15H23N5O/c1-11(2)18-7-5-15(9-18)6-8-19(15)14(21)20-10-16-13(17-20)12-3-4-12/h10-12H,3-9H2,1-2H3. The minimum atomic E-state index is 0.00579. The summed E-state index contributed by atoms with van der Waals surface area (Å²) in [6.07, 6.45) is 6.12. The van der Waals surface area contributed by atoms with Gasteiger partial charge in [-0.2, -0.15) is 4.68 Å². The largest absolute Gasteiger partial charge is 0.346 e. The van der Waals surface area contributed by atoms with Gasteiger partial charge in [0, 0.05) is 31.6 Å². The fourth-order valence-electron chi connectivity index (χ4n) is 3.61. The van der Waals surface area contributed by atoms with E-state index in [0.29, 0.717) is 12.0 Å². The molecule has 3 fully saturated rings. The van der Waals surface area contributed by atoms with Gasteiger partial charge in [-0.3, -0.25) is 4.90 Å². The number of carbonyl (C=O) groups excluding carboxylic acids is 1. The van der Waals surface area contributed by atoms with Crippen LogP contribution in [0.5, 0.6) is 0 Å². The van der Waals surface area contributed by atoms with Gasteiger partial charge in [0.15, 0.2) is 5.82 Å². The summed E-state index contributed by atoms with van der Waals surface area (Å²) in [5.41, 5.74) is 0.0487. The number of rotatable bonds is 2. The molecule has 1 aromatic rings. The Hall–Kier alpha value is -1.43. The summed E-state index contributed by atoms with van der Waals surface area (Å²) < 4.78 is 1.45. The van der Waals surface area contributed by atoms with Gasteiger partial charge in [-0.25, -0.2) is 9.78 Å². The summed E-state index contributed by atoms with van der Waals surface area (Å²) in [6.45, 7) is 7.39. The van der Waals surface area contributed by atoms with E-state index in [2.05, 4.69) is 28.8 Å². The summed E-state index contributed by atoms with van der Waals surface area (Å²) in [7, 11) is 0. The van der Waals surface area contributed by atoms with E-state index in [-0.39, 0.29) is 11.6 Å². The molecule has 114 valence electrons. The first-order chi connectivity index (χ1) is 10.1. The molecule has 6 heteroatoms. The van der Waals surface area contributed by atoms with E-state index in [9.17, 15) is 4.79 Å². The lowest BCUT2D eigenvalue weighted by molar-refractivity contribution is 0.0275. The van der Waals surface area contributed by atoms with Crippen molar-refractivity contribution in [3.63, 3.8) is 0 Å². The fourth-order valence-corrected chi connectivity index (χ4v) is 3.61. The van der Waals surface area contributed by atoms with Crippen LogP contribution < -0.4 is 0 Å². The average molecular weight is 289 g/mol. The molecule has 21 heavy (non-hydrogen) atoms. The lowest BCUT2D eigenvalue weighted by Gasteiger charge is -2.50. The molecule has 1 amide bonds. The molecule has 0 bridgehead atoms. The number of hydrogen-bond donors (Lipinski definition) is 0. The molecule has 3 heterocycles. The second-order valence-electron chi connectivity index (χ2n) is 7.04. The Morgan fingerprint density at radius 2 is 2.10 bits per heavy atom. The van der Waals surface area contributed by atoms with Gasteiger partial charge in [-0.15, -0.1) is 5.10 Å². The highest BCUT2D eigenvalue weighted by atomic mass is 16.2. The van der Waals surface area contributed by atoms with Crippen molar-refractivity contribution in [3.8, 4) is 0 Å². The Kier molecular flexibility index (Phi) is 2.86. The van der Waals surface area contributed by atoms with Crippen LogP contribution in [0.2, 0.25) is 0 Å². The monoisotopic (exact) mass is 289 g/mol. The Labute approximate surface area is 125 Å². The number of carbonyl (C=O) groups is 1. The van der Waals surface area contributed by atoms with Crippen LogP contribution in [0, 0.1) is 0 Å². The van der Waals surface area contributed by atoms with Crippen molar-refractivity contribution in [2.24, 2.45) is 0 Å².